The van der Waals surface area contributed by atoms with Gasteiger partial charge in [0.1, 0.15) is 12.6 Å². The van der Waals surface area contributed by atoms with Crippen molar-refractivity contribution < 1.29 is 52.6 Å². The van der Waals surface area contributed by atoms with Gasteiger partial charge in [0.15, 0.2) is 6.10 Å². The second-order valence-corrected chi connectivity index (χ2v) is 15.1. The number of hydrogen-bond acceptors (Lipinski definition) is 10. The van der Waals surface area contributed by atoms with E-state index in [4.69, 9.17) is 24.8 Å². The van der Waals surface area contributed by atoms with Crippen molar-refractivity contribution >= 4 is 25.7 Å². The number of phosphoric ester groups is 1. The Kier molecular flexibility index (Phi) is 34.3. The zero-order valence-corrected chi connectivity index (χ0v) is 34.1. The Morgan fingerprint density at radius 1 is 0.667 bits per heavy atom. The quantitative estimate of drug-likeness (QED) is 0.0154. The number of allylic oxidation sites excluding steroid dienone is 7. The zero-order valence-electron chi connectivity index (χ0n) is 33.2. The molecule has 0 aromatic heterocycles. The molecule has 0 aromatic carbocycles. The number of nitrogens with two attached hydrogens (primary N) is 1. The number of hydrogen-bond donors (Lipinski definition) is 4. The first-order valence-corrected chi connectivity index (χ1v) is 21.8. The summed E-state index contributed by atoms with van der Waals surface area (Å²) >= 11 is 0. The highest BCUT2D eigenvalue weighted by atomic mass is 31.2. The molecule has 0 saturated carbocycles. The molecule has 0 aliphatic rings. The van der Waals surface area contributed by atoms with Crippen LogP contribution in [0.2, 0.25) is 0 Å². The van der Waals surface area contributed by atoms with Crippen molar-refractivity contribution in [3.05, 3.63) is 48.6 Å². The predicted molar refractivity (Wildman–Crippen MR) is 214 cm³/mol. The molecule has 0 bridgehead atoms. The third-order valence-electron chi connectivity index (χ3n) is 8.43. The van der Waals surface area contributed by atoms with Crippen LogP contribution in [0.5, 0.6) is 0 Å². The van der Waals surface area contributed by atoms with Crippen molar-refractivity contribution in [1.82, 2.24) is 0 Å². The Balaban J connectivity index is 4.60. The van der Waals surface area contributed by atoms with E-state index in [1.165, 1.54) is 70.6 Å². The van der Waals surface area contributed by atoms with Crippen LogP contribution in [0.3, 0.4) is 0 Å². The maximum absolute atomic E-state index is 12.6. The fraction of sp³-hybridized carbons (Fsp3) is 0.732. The maximum atomic E-state index is 12.6. The first-order chi connectivity index (χ1) is 26.0. The topological polar surface area (TPSA) is 192 Å². The van der Waals surface area contributed by atoms with Crippen LogP contribution in [0.15, 0.2) is 48.6 Å². The molecule has 54 heavy (non-hydrogen) atoms. The van der Waals surface area contributed by atoms with E-state index in [1.807, 2.05) is 12.2 Å². The van der Waals surface area contributed by atoms with Crippen LogP contribution < -0.4 is 5.73 Å². The lowest BCUT2D eigenvalue weighted by atomic mass is 10.0. The Bertz CT molecular complexity index is 1120. The molecule has 5 N–H and O–H groups in total. The standard InChI is InChI=1S/C41H72NO11P/c1-3-5-7-9-11-13-15-17-18-20-22-24-26-29-36(43)30-28-32-39(44)50-33-37(34-51-54(48,49)52-35-38(42)41(46)47)53-40(45)31-27-25-23-21-19-16-14-12-10-8-6-4-2/h11,13,17-18,22,24,26,29,36-38,43H,3-10,12,14-16,19-21,23,25,27-28,30-35,42H2,1-2H3,(H,46,47)(H,48,49)/b13-11-,18-17-,24-22-,29-26+/t36-,37-,38+/m1/s1. The lowest BCUT2D eigenvalue weighted by Gasteiger charge is -2.20. The minimum atomic E-state index is -4.76. The van der Waals surface area contributed by atoms with Crippen LogP contribution in [-0.2, 0) is 37.5 Å². The molecule has 0 fully saturated rings. The summed E-state index contributed by atoms with van der Waals surface area (Å²) in [4.78, 5) is 45.8. The molecule has 0 aromatic rings. The van der Waals surface area contributed by atoms with Crippen LogP contribution in [0.1, 0.15) is 155 Å². The number of carbonyl (C=O) groups excluding carboxylic acids is 2. The van der Waals surface area contributed by atoms with Gasteiger partial charge in [-0.3, -0.25) is 23.4 Å². The van der Waals surface area contributed by atoms with Gasteiger partial charge >= 0.3 is 25.7 Å². The third-order valence-corrected chi connectivity index (χ3v) is 9.38. The molecular weight excluding hydrogens is 713 g/mol. The molecule has 0 amide bonds. The number of aliphatic carboxylic acids is 1. The van der Waals surface area contributed by atoms with Crippen LogP contribution in [0.4, 0.5) is 0 Å². The number of carboxylic acids is 1. The first-order valence-electron chi connectivity index (χ1n) is 20.3. The molecule has 0 aliphatic heterocycles. The molecule has 0 radical (unpaired) electrons. The summed E-state index contributed by atoms with van der Waals surface area (Å²) in [7, 11) is -4.76. The number of esters is 2. The Morgan fingerprint density at radius 2 is 1.20 bits per heavy atom. The molecule has 0 spiro atoms. The monoisotopic (exact) mass is 785 g/mol. The zero-order chi connectivity index (χ0) is 40.1. The summed E-state index contributed by atoms with van der Waals surface area (Å²) in [5.41, 5.74) is 5.31. The average Bonchev–Trinajstić information content (AvgIpc) is 3.14. The summed E-state index contributed by atoms with van der Waals surface area (Å²) in [5.74, 6) is -2.60. The normalized spacial score (nSPS) is 14.9. The lowest BCUT2D eigenvalue weighted by molar-refractivity contribution is -0.161. The number of phosphoric acid groups is 1. The summed E-state index contributed by atoms with van der Waals surface area (Å²) in [6.45, 7) is 2.55. The van der Waals surface area contributed by atoms with Gasteiger partial charge in [0, 0.05) is 12.8 Å². The minimum Gasteiger partial charge on any atom is -0.480 e. The molecule has 12 nitrogen and oxygen atoms in total. The second kappa shape index (κ2) is 36.1. The summed E-state index contributed by atoms with van der Waals surface area (Å²) in [6, 6.07) is -1.55. The first kappa shape index (κ1) is 51.4. The van der Waals surface area contributed by atoms with Crippen LogP contribution in [0.25, 0.3) is 0 Å². The molecule has 0 heterocycles. The van der Waals surface area contributed by atoms with Gasteiger partial charge in [0.2, 0.25) is 0 Å². The van der Waals surface area contributed by atoms with Crippen LogP contribution in [-0.4, -0.2) is 71.1 Å². The molecule has 0 rings (SSSR count). The Labute approximate surface area is 325 Å². The van der Waals surface area contributed by atoms with E-state index in [-0.39, 0.29) is 12.8 Å². The highest BCUT2D eigenvalue weighted by Crippen LogP contribution is 2.43. The van der Waals surface area contributed by atoms with Crippen LogP contribution >= 0.6 is 7.82 Å². The van der Waals surface area contributed by atoms with Gasteiger partial charge in [-0.05, 0) is 44.9 Å². The highest BCUT2D eigenvalue weighted by molar-refractivity contribution is 7.47. The van der Waals surface area contributed by atoms with E-state index in [2.05, 4.69) is 42.7 Å². The van der Waals surface area contributed by atoms with Gasteiger partial charge in [-0.1, -0.05) is 146 Å². The molecule has 1 unspecified atom stereocenters. The fourth-order valence-corrected chi connectivity index (χ4v) is 5.95. The van der Waals surface area contributed by atoms with E-state index in [0.29, 0.717) is 19.3 Å². The van der Waals surface area contributed by atoms with E-state index < -0.39 is 63.8 Å². The van der Waals surface area contributed by atoms with Crippen molar-refractivity contribution in [3.63, 3.8) is 0 Å². The fourth-order valence-electron chi connectivity index (χ4n) is 5.17. The van der Waals surface area contributed by atoms with E-state index >= 15 is 0 Å². The van der Waals surface area contributed by atoms with Crippen molar-refractivity contribution in [3.8, 4) is 0 Å². The number of unbranched alkanes of at least 4 members (excludes halogenated alkanes) is 14. The number of rotatable bonds is 37. The lowest BCUT2D eigenvalue weighted by Crippen LogP contribution is -2.34. The number of aliphatic hydroxyl groups excluding tert-OH is 1. The van der Waals surface area contributed by atoms with Gasteiger partial charge in [-0.25, -0.2) is 4.57 Å². The van der Waals surface area contributed by atoms with Gasteiger partial charge in [-0.2, -0.15) is 0 Å². The average molecular weight is 786 g/mol. The number of aliphatic hydroxyl groups is 1. The van der Waals surface area contributed by atoms with Gasteiger partial charge < -0.3 is 30.3 Å². The van der Waals surface area contributed by atoms with Crippen molar-refractivity contribution in [1.29, 1.82) is 0 Å². The summed E-state index contributed by atoms with van der Waals surface area (Å²) < 4.78 is 32.5. The maximum Gasteiger partial charge on any atom is 0.472 e. The smallest absolute Gasteiger partial charge is 0.472 e. The summed E-state index contributed by atoms with van der Waals surface area (Å²) in [5, 5.41) is 19.1. The van der Waals surface area contributed by atoms with Crippen LogP contribution in [0, 0.1) is 0 Å². The van der Waals surface area contributed by atoms with Crippen molar-refractivity contribution in [2.75, 3.05) is 19.8 Å². The summed E-state index contributed by atoms with van der Waals surface area (Å²) in [6.07, 6.45) is 35.0. The SMILES string of the molecule is CCCCC/C=C\C/C=C\C/C=C\C=C\[C@@H](O)CCCC(=O)OC[C@H](COP(=O)(O)OC[C@H](N)C(=O)O)OC(=O)CCCCCCCCCCCCCC. The molecule has 312 valence electrons. The van der Waals surface area contributed by atoms with Gasteiger partial charge in [-0.15, -0.1) is 0 Å². The largest absolute Gasteiger partial charge is 0.480 e. The van der Waals surface area contributed by atoms with Gasteiger partial charge in [0.25, 0.3) is 0 Å². The molecule has 0 aliphatic carbocycles. The Morgan fingerprint density at radius 3 is 1.83 bits per heavy atom. The van der Waals surface area contributed by atoms with Gasteiger partial charge in [0.05, 0.1) is 19.3 Å². The number of ether oxygens (including phenoxy) is 2. The molecule has 13 heteroatoms. The number of carbonyl (C=O) groups is 3. The minimum absolute atomic E-state index is 0.00630. The van der Waals surface area contributed by atoms with Crippen molar-refractivity contribution in [2.45, 2.75) is 173 Å². The Hall–Kier alpha value is -2.60. The molecular formula is C41H72NO11P. The predicted octanol–water partition coefficient (Wildman–Crippen LogP) is 9.19. The van der Waals surface area contributed by atoms with Crippen molar-refractivity contribution in [2.24, 2.45) is 5.73 Å². The van der Waals surface area contributed by atoms with E-state index in [9.17, 15) is 28.9 Å². The highest BCUT2D eigenvalue weighted by Gasteiger charge is 2.28. The van der Waals surface area contributed by atoms with E-state index in [1.54, 1.807) is 12.2 Å². The third kappa shape index (κ3) is 35.1. The number of carboxylic acid groups (broad SMARTS) is 1. The molecule has 0 saturated heterocycles. The molecule has 4 atom stereocenters. The van der Waals surface area contributed by atoms with E-state index in [0.717, 1.165) is 38.5 Å². The second-order valence-electron chi connectivity index (χ2n) is 13.6.